The monoisotopic (exact) mass is 390 g/mol. The van der Waals surface area contributed by atoms with Gasteiger partial charge in [0, 0.05) is 25.5 Å². The first-order valence-electron chi connectivity index (χ1n) is 8.45. The van der Waals surface area contributed by atoms with Gasteiger partial charge in [-0.05, 0) is 30.9 Å². The fraction of sp³-hybridized carbons (Fsp3) is 0.588. The number of nitrogens with zero attached hydrogens (tertiary/aromatic N) is 2. The quantitative estimate of drug-likeness (QED) is 0.806. The van der Waals surface area contributed by atoms with Crippen molar-refractivity contribution in [3.8, 4) is 0 Å². The number of carboxylic acid groups (broad SMARTS) is 1. The van der Waals surface area contributed by atoms with Gasteiger partial charge in [-0.3, -0.25) is 9.78 Å². The Hall–Kier alpha value is -2.20. The molecule has 2 fully saturated rings. The van der Waals surface area contributed by atoms with Gasteiger partial charge in [-0.2, -0.15) is 13.2 Å². The van der Waals surface area contributed by atoms with Crippen LogP contribution in [-0.4, -0.2) is 70.1 Å². The summed E-state index contributed by atoms with van der Waals surface area (Å²) in [6, 6.07) is 3.74. The van der Waals surface area contributed by atoms with Gasteiger partial charge < -0.3 is 19.8 Å². The molecule has 3 heterocycles. The van der Waals surface area contributed by atoms with Crippen molar-refractivity contribution in [2.24, 2.45) is 5.92 Å². The molecule has 150 valence electrons. The molecule has 2 N–H and O–H groups in total. The molecule has 0 saturated carbocycles. The number of amides is 1. The molecule has 1 amide bonds. The van der Waals surface area contributed by atoms with Gasteiger partial charge in [0.25, 0.3) is 0 Å². The number of rotatable bonds is 3. The molecular weight excluding hydrogens is 369 g/mol. The highest BCUT2D eigenvalue weighted by Gasteiger charge is 2.39. The Morgan fingerprint density at radius 3 is 2.56 bits per heavy atom. The molecule has 3 rings (SSSR count). The van der Waals surface area contributed by atoms with E-state index in [-0.39, 0.29) is 17.9 Å². The molecule has 27 heavy (non-hydrogen) atoms. The standard InChI is InChI=1S/C15H20N2O3.C2HF3O2/c18-14-3-6-17(15(19)12-4-7-20-10-12)13(14)8-11-2-1-5-16-9-11;3-2(4,5)1(6)7/h1-2,5,9,12-14,18H,3-4,6-8,10H2;(H,6,7)/t12?,13-,14+;/m0./s1. The van der Waals surface area contributed by atoms with E-state index in [9.17, 15) is 23.1 Å². The maximum Gasteiger partial charge on any atom is 0.490 e. The number of carbonyl (C=O) groups is 2. The Bertz CT molecular complexity index is 635. The number of hydrogen-bond acceptors (Lipinski definition) is 5. The van der Waals surface area contributed by atoms with Crippen molar-refractivity contribution in [3.05, 3.63) is 30.1 Å². The molecular formula is C17H21F3N2O5. The van der Waals surface area contributed by atoms with Crippen LogP contribution in [-0.2, 0) is 20.7 Å². The van der Waals surface area contributed by atoms with Crippen LogP contribution in [0, 0.1) is 5.92 Å². The smallest absolute Gasteiger partial charge is 0.475 e. The molecule has 1 aromatic rings. The lowest BCUT2D eigenvalue weighted by Gasteiger charge is -2.28. The first-order valence-corrected chi connectivity index (χ1v) is 8.45. The Morgan fingerprint density at radius 1 is 1.33 bits per heavy atom. The van der Waals surface area contributed by atoms with Crippen molar-refractivity contribution in [2.75, 3.05) is 19.8 Å². The van der Waals surface area contributed by atoms with Crippen LogP contribution in [0.2, 0.25) is 0 Å². The first-order chi connectivity index (χ1) is 12.7. The van der Waals surface area contributed by atoms with Crippen LogP contribution in [0.25, 0.3) is 0 Å². The molecule has 7 nitrogen and oxygen atoms in total. The van der Waals surface area contributed by atoms with Crippen LogP contribution >= 0.6 is 0 Å². The predicted octanol–water partition coefficient (Wildman–Crippen LogP) is 1.26. The summed E-state index contributed by atoms with van der Waals surface area (Å²) in [5.41, 5.74) is 1.05. The molecule has 10 heteroatoms. The van der Waals surface area contributed by atoms with Crippen molar-refractivity contribution in [2.45, 2.75) is 37.6 Å². The summed E-state index contributed by atoms with van der Waals surface area (Å²) in [7, 11) is 0. The summed E-state index contributed by atoms with van der Waals surface area (Å²) >= 11 is 0. The number of pyridine rings is 1. The Morgan fingerprint density at radius 2 is 2.04 bits per heavy atom. The molecule has 3 atom stereocenters. The molecule has 2 saturated heterocycles. The molecule has 0 radical (unpaired) electrons. The minimum atomic E-state index is -5.08. The van der Waals surface area contributed by atoms with Gasteiger partial charge in [-0.25, -0.2) is 4.79 Å². The summed E-state index contributed by atoms with van der Waals surface area (Å²) in [4.78, 5) is 27.3. The minimum absolute atomic E-state index is 0.0308. The highest BCUT2D eigenvalue weighted by molar-refractivity contribution is 5.80. The lowest BCUT2D eigenvalue weighted by Crippen LogP contribution is -2.44. The molecule has 1 aromatic heterocycles. The summed E-state index contributed by atoms with van der Waals surface area (Å²) in [6.45, 7) is 1.83. The van der Waals surface area contributed by atoms with Crippen LogP contribution in [0.1, 0.15) is 18.4 Å². The third-order valence-corrected chi connectivity index (χ3v) is 4.48. The van der Waals surface area contributed by atoms with Crippen LogP contribution in [0.5, 0.6) is 0 Å². The van der Waals surface area contributed by atoms with Crippen molar-refractivity contribution in [3.63, 3.8) is 0 Å². The number of aliphatic hydroxyl groups is 1. The van der Waals surface area contributed by atoms with Crippen LogP contribution < -0.4 is 0 Å². The summed E-state index contributed by atoms with van der Waals surface area (Å²) in [5.74, 6) is -2.66. The number of aromatic nitrogens is 1. The number of hydrogen-bond donors (Lipinski definition) is 2. The molecule has 2 aliphatic rings. The Balaban J connectivity index is 0.000000321. The van der Waals surface area contributed by atoms with Crippen molar-refractivity contribution >= 4 is 11.9 Å². The molecule has 0 aliphatic carbocycles. The second-order valence-corrected chi connectivity index (χ2v) is 6.38. The van der Waals surface area contributed by atoms with Gasteiger partial charge >= 0.3 is 12.1 Å². The lowest BCUT2D eigenvalue weighted by molar-refractivity contribution is -0.192. The van der Waals surface area contributed by atoms with Gasteiger partial charge in [-0.15, -0.1) is 0 Å². The van der Waals surface area contributed by atoms with Gasteiger partial charge in [0.1, 0.15) is 0 Å². The van der Waals surface area contributed by atoms with E-state index in [1.165, 1.54) is 0 Å². The van der Waals surface area contributed by atoms with E-state index in [0.717, 1.165) is 12.0 Å². The third-order valence-electron chi connectivity index (χ3n) is 4.48. The summed E-state index contributed by atoms with van der Waals surface area (Å²) in [6.07, 6.45) is 0.116. The molecule has 0 aromatic carbocycles. The van der Waals surface area contributed by atoms with Gasteiger partial charge in [0.05, 0.1) is 24.7 Å². The zero-order chi connectivity index (χ0) is 20.0. The van der Waals surface area contributed by atoms with Crippen LogP contribution in [0.4, 0.5) is 13.2 Å². The molecule has 1 unspecified atom stereocenters. The first kappa shape index (κ1) is 21.1. The average Bonchev–Trinajstić information content (AvgIpc) is 3.26. The number of carboxylic acids is 1. The number of ether oxygens (including phenoxy) is 1. The molecule has 2 aliphatic heterocycles. The topological polar surface area (TPSA) is 100.0 Å². The largest absolute Gasteiger partial charge is 0.490 e. The fourth-order valence-corrected chi connectivity index (χ4v) is 3.08. The predicted molar refractivity (Wildman–Crippen MR) is 86.7 cm³/mol. The SMILES string of the molecule is O=C(C1CCOC1)N1CC[C@@H](O)[C@@H]1Cc1cccnc1.O=C(O)C(F)(F)F. The van der Waals surface area contributed by atoms with Gasteiger partial charge in [-0.1, -0.05) is 6.07 Å². The van der Waals surface area contributed by atoms with E-state index in [4.69, 9.17) is 14.6 Å². The fourth-order valence-electron chi connectivity index (χ4n) is 3.08. The van der Waals surface area contributed by atoms with Gasteiger partial charge in [0.15, 0.2) is 0 Å². The second kappa shape index (κ2) is 9.14. The lowest BCUT2D eigenvalue weighted by atomic mass is 10.0. The number of aliphatic hydroxyl groups excluding tert-OH is 1. The summed E-state index contributed by atoms with van der Waals surface area (Å²) in [5, 5.41) is 17.3. The average molecular weight is 390 g/mol. The molecule has 0 spiro atoms. The number of alkyl halides is 3. The van der Waals surface area contributed by atoms with Crippen molar-refractivity contribution in [1.82, 2.24) is 9.88 Å². The minimum Gasteiger partial charge on any atom is -0.475 e. The normalized spacial score (nSPS) is 25.0. The van der Waals surface area contributed by atoms with Crippen molar-refractivity contribution < 1.29 is 37.7 Å². The number of likely N-dealkylation sites (tertiary alicyclic amines) is 1. The maximum absolute atomic E-state index is 12.5. The number of halogens is 3. The Kier molecular flexibility index (Phi) is 7.14. The van der Waals surface area contributed by atoms with Crippen LogP contribution in [0.3, 0.4) is 0 Å². The summed E-state index contributed by atoms with van der Waals surface area (Å²) < 4.78 is 37.0. The highest BCUT2D eigenvalue weighted by Crippen LogP contribution is 2.26. The third kappa shape index (κ3) is 5.90. The van der Waals surface area contributed by atoms with E-state index in [0.29, 0.717) is 32.6 Å². The van der Waals surface area contributed by atoms with E-state index < -0.39 is 18.2 Å². The number of carbonyl (C=O) groups excluding carboxylic acids is 1. The maximum atomic E-state index is 12.5. The number of aliphatic carboxylic acids is 1. The van der Waals surface area contributed by atoms with Crippen LogP contribution in [0.15, 0.2) is 24.5 Å². The van der Waals surface area contributed by atoms with E-state index in [2.05, 4.69) is 4.98 Å². The Labute approximate surface area is 153 Å². The highest BCUT2D eigenvalue weighted by atomic mass is 19.4. The zero-order valence-corrected chi connectivity index (χ0v) is 14.4. The van der Waals surface area contributed by atoms with E-state index >= 15 is 0 Å². The van der Waals surface area contributed by atoms with Crippen molar-refractivity contribution in [1.29, 1.82) is 0 Å². The second-order valence-electron chi connectivity index (χ2n) is 6.38. The van der Waals surface area contributed by atoms with E-state index in [1.807, 2.05) is 17.0 Å². The van der Waals surface area contributed by atoms with E-state index in [1.54, 1.807) is 12.4 Å². The van der Waals surface area contributed by atoms with Gasteiger partial charge in [0.2, 0.25) is 5.91 Å². The molecule has 0 bridgehead atoms. The zero-order valence-electron chi connectivity index (χ0n) is 14.4.